The van der Waals surface area contributed by atoms with Crippen LogP contribution in [0.15, 0.2) is 24.3 Å². The molecule has 0 radical (unpaired) electrons. The number of hydrogen-bond donors (Lipinski definition) is 4. The maximum atomic E-state index is 11.5. The Morgan fingerprint density at radius 1 is 1.39 bits per heavy atom. The number of anilines is 1. The molecule has 6 nitrogen and oxygen atoms in total. The van der Waals surface area contributed by atoms with Crippen LogP contribution in [0.3, 0.4) is 0 Å². The van der Waals surface area contributed by atoms with Gasteiger partial charge in [0.25, 0.3) is 0 Å². The molecule has 0 saturated carbocycles. The number of benzene rings is 1. The van der Waals surface area contributed by atoms with Gasteiger partial charge in [-0.1, -0.05) is 12.1 Å². The van der Waals surface area contributed by atoms with Gasteiger partial charge in [0.1, 0.15) is 0 Å². The molecule has 0 saturated heterocycles. The Morgan fingerprint density at radius 2 is 2.00 bits per heavy atom. The Morgan fingerprint density at radius 3 is 2.56 bits per heavy atom. The van der Waals surface area contributed by atoms with Crippen molar-refractivity contribution in [2.45, 2.75) is 12.5 Å². The van der Waals surface area contributed by atoms with E-state index in [9.17, 15) is 14.7 Å². The first-order chi connectivity index (χ1) is 8.33. The summed E-state index contributed by atoms with van der Waals surface area (Å²) in [6, 6.07) is 6.58. The number of amides is 2. The van der Waals surface area contributed by atoms with Gasteiger partial charge < -0.3 is 20.8 Å². The van der Waals surface area contributed by atoms with Gasteiger partial charge in [0, 0.05) is 3.57 Å². The molecule has 1 unspecified atom stereocenters. The summed E-state index contributed by atoms with van der Waals surface area (Å²) in [4.78, 5) is 22.1. The molecule has 98 valence electrons. The number of carbonyl (C=O) groups is 2. The van der Waals surface area contributed by atoms with Crippen molar-refractivity contribution < 1.29 is 19.8 Å². The molecule has 0 heterocycles. The van der Waals surface area contributed by atoms with Gasteiger partial charge >= 0.3 is 12.0 Å². The van der Waals surface area contributed by atoms with Crippen molar-refractivity contribution in [2.75, 3.05) is 11.9 Å². The van der Waals surface area contributed by atoms with E-state index in [1.807, 2.05) is 12.1 Å². The first-order valence-corrected chi connectivity index (χ1v) is 6.16. The van der Waals surface area contributed by atoms with Crippen LogP contribution in [-0.2, 0) is 4.79 Å². The van der Waals surface area contributed by atoms with E-state index in [0.717, 1.165) is 10.5 Å². The number of aliphatic carboxylic acids is 1. The van der Waals surface area contributed by atoms with E-state index in [1.54, 1.807) is 12.1 Å². The molecule has 1 rings (SSSR count). The molecule has 7 heteroatoms. The van der Waals surface area contributed by atoms with Gasteiger partial charge in [0.2, 0.25) is 0 Å². The minimum Gasteiger partial charge on any atom is -0.479 e. The second-order valence-corrected chi connectivity index (χ2v) is 5.03. The van der Waals surface area contributed by atoms with Crippen LogP contribution in [0, 0.1) is 3.57 Å². The number of hydrogen-bond acceptors (Lipinski definition) is 3. The van der Waals surface area contributed by atoms with E-state index in [2.05, 4.69) is 33.2 Å². The Labute approximate surface area is 118 Å². The van der Waals surface area contributed by atoms with Crippen molar-refractivity contribution in [3.8, 4) is 0 Å². The fourth-order valence-corrected chi connectivity index (χ4v) is 1.58. The average molecular weight is 364 g/mol. The molecule has 0 spiro atoms. The highest BCUT2D eigenvalue weighted by Gasteiger charge is 2.30. The largest absolute Gasteiger partial charge is 0.479 e. The Balaban J connectivity index is 2.54. The van der Waals surface area contributed by atoms with Crippen LogP contribution in [-0.4, -0.2) is 34.4 Å². The highest BCUT2D eigenvalue weighted by Crippen LogP contribution is 2.16. The van der Waals surface area contributed by atoms with E-state index >= 15 is 0 Å². The number of rotatable bonds is 4. The summed E-state index contributed by atoms with van der Waals surface area (Å²) in [5, 5.41) is 22.9. The monoisotopic (exact) mass is 364 g/mol. The van der Waals surface area contributed by atoms with Crippen LogP contribution >= 0.6 is 22.6 Å². The zero-order chi connectivity index (χ0) is 13.8. The van der Waals surface area contributed by atoms with Gasteiger partial charge in [-0.3, -0.25) is 0 Å². The van der Waals surface area contributed by atoms with Gasteiger partial charge in [-0.25, -0.2) is 9.59 Å². The van der Waals surface area contributed by atoms with Crippen molar-refractivity contribution in [3.63, 3.8) is 0 Å². The number of para-hydroxylation sites is 1. The number of carboxylic acids is 1. The van der Waals surface area contributed by atoms with Gasteiger partial charge in [0.15, 0.2) is 5.60 Å². The molecule has 0 aliphatic heterocycles. The zero-order valence-corrected chi connectivity index (χ0v) is 11.8. The highest BCUT2D eigenvalue weighted by molar-refractivity contribution is 14.1. The third-order valence-electron chi connectivity index (χ3n) is 2.18. The molecule has 1 aromatic carbocycles. The van der Waals surface area contributed by atoms with Crippen molar-refractivity contribution in [1.29, 1.82) is 0 Å². The summed E-state index contributed by atoms with van der Waals surface area (Å²) in [6.07, 6.45) is 0. The number of nitrogens with one attached hydrogen (secondary N) is 2. The molecular weight excluding hydrogens is 351 g/mol. The van der Waals surface area contributed by atoms with Crippen LogP contribution in [0.1, 0.15) is 6.92 Å². The van der Waals surface area contributed by atoms with Crippen molar-refractivity contribution >= 4 is 40.3 Å². The van der Waals surface area contributed by atoms with E-state index < -0.39 is 17.6 Å². The minimum absolute atomic E-state index is 0.377. The summed E-state index contributed by atoms with van der Waals surface area (Å²) >= 11 is 2.06. The maximum Gasteiger partial charge on any atom is 0.337 e. The third-order valence-corrected chi connectivity index (χ3v) is 3.12. The summed E-state index contributed by atoms with van der Waals surface area (Å²) in [6.45, 7) is 0.736. The lowest BCUT2D eigenvalue weighted by Gasteiger charge is -2.18. The quantitative estimate of drug-likeness (QED) is 0.605. The molecule has 1 aromatic rings. The predicted molar refractivity (Wildman–Crippen MR) is 74.4 cm³/mol. The number of aliphatic hydroxyl groups is 1. The molecule has 4 N–H and O–H groups in total. The predicted octanol–water partition coefficient (Wildman–Crippen LogP) is 1.25. The first-order valence-electron chi connectivity index (χ1n) is 5.08. The van der Waals surface area contributed by atoms with Gasteiger partial charge in [-0.05, 0) is 41.6 Å². The molecular formula is C11H13IN2O4. The lowest BCUT2D eigenvalue weighted by Crippen LogP contribution is -2.47. The minimum atomic E-state index is -1.98. The summed E-state index contributed by atoms with van der Waals surface area (Å²) in [5.74, 6) is -1.39. The van der Waals surface area contributed by atoms with Crippen LogP contribution in [0.4, 0.5) is 10.5 Å². The van der Waals surface area contributed by atoms with E-state index in [1.165, 1.54) is 0 Å². The smallest absolute Gasteiger partial charge is 0.337 e. The highest BCUT2D eigenvalue weighted by atomic mass is 127. The number of carbonyl (C=O) groups excluding carboxylic acids is 1. The molecule has 0 fully saturated rings. The van der Waals surface area contributed by atoms with E-state index in [0.29, 0.717) is 5.69 Å². The Kier molecular flexibility index (Phi) is 4.91. The van der Waals surface area contributed by atoms with Crippen molar-refractivity contribution in [2.24, 2.45) is 0 Å². The number of carboxylic acid groups (broad SMARTS) is 1. The van der Waals surface area contributed by atoms with Gasteiger partial charge in [0.05, 0.1) is 12.2 Å². The molecule has 0 bridgehead atoms. The SMILES string of the molecule is CC(O)(CNC(=O)Nc1ccccc1I)C(=O)O. The van der Waals surface area contributed by atoms with Crippen molar-refractivity contribution in [3.05, 3.63) is 27.8 Å². The molecule has 18 heavy (non-hydrogen) atoms. The molecule has 0 aliphatic rings. The zero-order valence-electron chi connectivity index (χ0n) is 9.61. The third kappa shape index (κ3) is 4.15. The summed E-state index contributed by atoms with van der Waals surface area (Å²) < 4.78 is 0.857. The fourth-order valence-electron chi connectivity index (χ4n) is 1.06. The topological polar surface area (TPSA) is 98.7 Å². The van der Waals surface area contributed by atoms with Gasteiger partial charge in [-0.15, -0.1) is 0 Å². The first kappa shape index (κ1) is 14.7. The lowest BCUT2D eigenvalue weighted by atomic mass is 10.1. The average Bonchev–Trinajstić information content (AvgIpc) is 2.29. The fraction of sp³-hybridized carbons (Fsp3) is 0.273. The van der Waals surface area contributed by atoms with Crippen molar-refractivity contribution in [1.82, 2.24) is 5.32 Å². The lowest BCUT2D eigenvalue weighted by molar-refractivity contribution is -0.155. The number of urea groups is 1. The molecule has 1 atom stereocenters. The van der Waals surface area contributed by atoms with E-state index in [4.69, 9.17) is 5.11 Å². The van der Waals surface area contributed by atoms with E-state index in [-0.39, 0.29) is 6.54 Å². The van der Waals surface area contributed by atoms with Crippen LogP contribution in [0.2, 0.25) is 0 Å². The Hall–Kier alpha value is -1.35. The maximum absolute atomic E-state index is 11.5. The summed E-state index contributed by atoms with van der Waals surface area (Å²) in [7, 11) is 0. The van der Waals surface area contributed by atoms with Crippen LogP contribution in [0.5, 0.6) is 0 Å². The van der Waals surface area contributed by atoms with Gasteiger partial charge in [-0.2, -0.15) is 0 Å². The number of halogens is 1. The Bertz CT molecular complexity index is 462. The second kappa shape index (κ2) is 6.01. The normalized spacial score (nSPS) is 13.5. The van der Waals surface area contributed by atoms with Crippen LogP contribution < -0.4 is 10.6 Å². The molecule has 0 aliphatic carbocycles. The second-order valence-electron chi connectivity index (χ2n) is 3.87. The summed E-state index contributed by atoms with van der Waals surface area (Å²) in [5.41, 5.74) is -1.37. The standard InChI is InChI=1S/C11H13IN2O4/c1-11(18,9(15)16)6-13-10(17)14-8-5-3-2-4-7(8)12/h2-5,18H,6H2,1H3,(H,15,16)(H2,13,14,17). The molecule has 2 amide bonds. The molecule has 0 aromatic heterocycles. The van der Waals surface area contributed by atoms with Crippen LogP contribution in [0.25, 0.3) is 0 Å².